The highest BCUT2D eigenvalue weighted by molar-refractivity contribution is 7.57. The van der Waals surface area contributed by atoms with Crippen molar-refractivity contribution in [2.45, 2.75) is 19.3 Å². The van der Waals surface area contributed by atoms with Crippen molar-refractivity contribution in [3.05, 3.63) is 0 Å². The molecule has 0 aromatic rings. The van der Waals surface area contributed by atoms with Crippen molar-refractivity contribution in [1.29, 1.82) is 5.26 Å². The van der Waals surface area contributed by atoms with E-state index in [9.17, 15) is 0 Å². The molecule has 0 unspecified atom stereocenters. The van der Waals surface area contributed by atoms with Crippen molar-refractivity contribution in [3.63, 3.8) is 0 Å². The zero-order valence-electron chi connectivity index (χ0n) is 5.64. The third-order valence-electron chi connectivity index (χ3n) is 1.74. The summed E-state index contributed by atoms with van der Waals surface area (Å²) in [5, 5.41) is 8.29. The van der Waals surface area contributed by atoms with Gasteiger partial charge in [0.15, 0.2) is 0 Å². The molecule has 0 radical (unpaired) electrons. The van der Waals surface area contributed by atoms with Gasteiger partial charge in [-0.15, -0.1) is 7.92 Å². The number of hydrogen-bond acceptors (Lipinski definition) is 1. The van der Waals surface area contributed by atoms with Crippen LogP contribution in [0.3, 0.4) is 0 Å². The summed E-state index contributed by atoms with van der Waals surface area (Å²) in [6, 6.07) is 2.21. The minimum atomic E-state index is 0.326. The Kier molecular flexibility index (Phi) is 3.01. The summed E-state index contributed by atoms with van der Waals surface area (Å²) in [7, 11) is 0.326. The van der Waals surface area contributed by atoms with E-state index in [-0.39, 0.29) is 0 Å². The number of hydrogen-bond donors (Lipinski definition) is 0. The first kappa shape index (κ1) is 7.03. The van der Waals surface area contributed by atoms with E-state index in [2.05, 4.69) is 6.07 Å². The van der Waals surface area contributed by atoms with Crippen LogP contribution in [-0.4, -0.2) is 18.5 Å². The summed E-state index contributed by atoms with van der Waals surface area (Å²) in [6.07, 6.45) is 7.75. The van der Waals surface area contributed by atoms with Gasteiger partial charge >= 0.3 is 0 Å². The largest absolute Gasteiger partial charge is 0.198 e. The Labute approximate surface area is 57.8 Å². The maximum Gasteiger partial charge on any atom is 0.0625 e. The summed E-state index contributed by atoms with van der Waals surface area (Å²) < 4.78 is 0. The highest BCUT2D eigenvalue weighted by Gasteiger charge is 2.12. The van der Waals surface area contributed by atoms with Gasteiger partial charge in [-0.25, -0.2) is 0 Å². The number of nitrogens with zero attached hydrogens (tertiary/aromatic N) is 1. The van der Waals surface area contributed by atoms with Crippen molar-refractivity contribution in [1.82, 2.24) is 0 Å². The minimum absolute atomic E-state index is 0.326. The van der Waals surface area contributed by atoms with Crippen LogP contribution >= 0.6 is 7.92 Å². The summed E-state index contributed by atoms with van der Waals surface area (Å²) in [6.45, 7) is 0. The molecule has 0 aromatic heterocycles. The molecule has 50 valence electrons. The standard InChI is InChI=1S/C7H12NP/c8-4-3-7-9-5-1-2-6-9/h1-3,5-7H2. The molecule has 0 atom stereocenters. The molecule has 0 N–H and O–H groups in total. The smallest absolute Gasteiger partial charge is 0.0625 e. The molecule has 1 aliphatic heterocycles. The Bertz CT molecular complexity index is 111. The zero-order valence-corrected chi connectivity index (χ0v) is 6.53. The van der Waals surface area contributed by atoms with E-state index in [0.29, 0.717) is 7.92 Å². The van der Waals surface area contributed by atoms with Crippen molar-refractivity contribution in [2.24, 2.45) is 0 Å². The summed E-state index contributed by atoms with van der Waals surface area (Å²) in [5.41, 5.74) is 0. The Balaban J connectivity index is 2.06. The molecule has 1 aliphatic rings. The normalized spacial score (nSPS) is 19.9. The van der Waals surface area contributed by atoms with Gasteiger partial charge in [0.05, 0.1) is 6.07 Å². The van der Waals surface area contributed by atoms with E-state index in [1.54, 1.807) is 0 Å². The molecule has 0 aromatic carbocycles. The molecule has 1 rings (SSSR count). The molecule has 1 fully saturated rings. The number of rotatable bonds is 2. The Morgan fingerprint density at radius 2 is 2.00 bits per heavy atom. The molecule has 0 saturated carbocycles. The molecule has 0 aliphatic carbocycles. The predicted octanol–water partition coefficient (Wildman–Crippen LogP) is 2.18. The molecular formula is C7H12NP. The van der Waals surface area contributed by atoms with E-state index < -0.39 is 0 Å². The highest BCUT2D eigenvalue weighted by atomic mass is 31.1. The van der Waals surface area contributed by atoms with Gasteiger partial charge in [-0.3, -0.25) is 0 Å². The second kappa shape index (κ2) is 3.85. The van der Waals surface area contributed by atoms with Gasteiger partial charge in [-0.05, 0) is 31.3 Å². The van der Waals surface area contributed by atoms with E-state index in [1.165, 1.54) is 31.3 Å². The van der Waals surface area contributed by atoms with Crippen LogP contribution in [0.1, 0.15) is 19.3 Å². The third kappa shape index (κ3) is 2.33. The molecule has 1 saturated heterocycles. The van der Waals surface area contributed by atoms with Crippen LogP contribution in [0.2, 0.25) is 0 Å². The first-order valence-corrected chi connectivity index (χ1v) is 5.42. The number of nitriles is 1. The van der Waals surface area contributed by atoms with Crippen molar-refractivity contribution in [3.8, 4) is 6.07 Å². The molecule has 1 nitrogen and oxygen atoms in total. The summed E-state index contributed by atoms with van der Waals surface area (Å²) in [5.74, 6) is 0. The maximum absolute atomic E-state index is 8.29. The maximum atomic E-state index is 8.29. The van der Waals surface area contributed by atoms with Crippen LogP contribution in [0.4, 0.5) is 0 Å². The average Bonchev–Trinajstić information content (AvgIpc) is 2.34. The van der Waals surface area contributed by atoms with Crippen LogP contribution in [0.25, 0.3) is 0 Å². The molecular weight excluding hydrogens is 129 g/mol. The molecule has 0 spiro atoms. The van der Waals surface area contributed by atoms with Gasteiger partial charge in [-0.1, -0.05) is 0 Å². The fraction of sp³-hybridized carbons (Fsp3) is 0.857. The van der Waals surface area contributed by atoms with Gasteiger partial charge in [0, 0.05) is 6.42 Å². The van der Waals surface area contributed by atoms with Crippen LogP contribution in [0.5, 0.6) is 0 Å². The van der Waals surface area contributed by atoms with Gasteiger partial charge in [0.2, 0.25) is 0 Å². The van der Waals surface area contributed by atoms with Crippen molar-refractivity contribution in [2.75, 3.05) is 18.5 Å². The Hall–Kier alpha value is -0.0800. The monoisotopic (exact) mass is 141 g/mol. The fourth-order valence-electron chi connectivity index (χ4n) is 1.21. The molecule has 9 heavy (non-hydrogen) atoms. The lowest BCUT2D eigenvalue weighted by molar-refractivity contribution is 0.949. The van der Waals surface area contributed by atoms with Gasteiger partial charge in [-0.2, -0.15) is 5.26 Å². The summed E-state index contributed by atoms with van der Waals surface area (Å²) in [4.78, 5) is 0. The zero-order chi connectivity index (χ0) is 6.53. The lowest BCUT2D eigenvalue weighted by Crippen LogP contribution is -1.82. The van der Waals surface area contributed by atoms with E-state index in [1.807, 2.05) is 0 Å². The fourth-order valence-corrected chi connectivity index (χ4v) is 3.64. The SMILES string of the molecule is N#CCCP1CCCC1. The van der Waals surface area contributed by atoms with Gasteiger partial charge in [0.25, 0.3) is 0 Å². The van der Waals surface area contributed by atoms with Crippen LogP contribution < -0.4 is 0 Å². The lowest BCUT2D eigenvalue weighted by Gasteiger charge is -2.03. The van der Waals surface area contributed by atoms with E-state index >= 15 is 0 Å². The van der Waals surface area contributed by atoms with Crippen LogP contribution in [-0.2, 0) is 0 Å². The lowest BCUT2D eigenvalue weighted by atomic mass is 10.4. The minimum Gasteiger partial charge on any atom is -0.198 e. The van der Waals surface area contributed by atoms with Crippen molar-refractivity contribution < 1.29 is 0 Å². The van der Waals surface area contributed by atoms with Gasteiger partial charge in [0.1, 0.15) is 0 Å². The summed E-state index contributed by atoms with van der Waals surface area (Å²) >= 11 is 0. The molecule has 0 amide bonds. The quantitative estimate of drug-likeness (QED) is 0.540. The van der Waals surface area contributed by atoms with Gasteiger partial charge < -0.3 is 0 Å². The molecule has 0 bridgehead atoms. The second-order valence-electron chi connectivity index (χ2n) is 2.46. The van der Waals surface area contributed by atoms with E-state index in [4.69, 9.17) is 5.26 Å². The Morgan fingerprint density at radius 1 is 1.33 bits per heavy atom. The first-order valence-electron chi connectivity index (χ1n) is 3.53. The molecule has 1 heterocycles. The highest BCUT2D eigenvalue weighted by Crippen LogP contribution is 2.43. The first-order chi connectivity index (χ1) is 4.43. The topological polar surface area (TPSA) is 23.8 Å². The van der Waals surface area contributed by atoms with E-state index in [0.717, 1.165) is 6.42 Å². The Morgan fingerprint density at radius 3 is 2.56 bits per heavy atom. The van der Waals surface area contributed by atoms with Crippen LogP contribution in [0, 0.1) is 11.3 Å². The second-order valence-corrected chi connectivity index (χ2v) is 5.14. The predicted molar refractivity (Wildman–Crippen MR) is 41.0 cm³/mol. The third-order valence-corrected chi connectivity index (χ3v) is 4.49. The van der Waals surface area contributed by atoms with Crippen molar-refractivity contribution >= 4 is 7.92 Å². The van der Waals surface area contributed by atoms with Crippen LogP contribution in [0.15, 0.2) is 0 Å². The molecule has 2 heteroatoms. The average molecular weight is 141 g/mol.